The van der Waals surface area contributed by atoms with Crippen molar-refractivity contribution in [3.05, 3.63) is 59.4 Å². The van der Waals surface area contributed by atoms with Gasteiger partial charge < -0.3 is 10.5 Å². The van der Waals surface area contributed by atoms with Gasteiger partial charge in [-0.1, -0.05) is 6.07 Å². The Morgan fingerprint density at radius 3 is 2.50 bits per heavy atom. The lowest BCUT2D eigenvalue weighted by Crippen LogP contribution is -2.15. The standard InChI is InChI=1S/C13H12F2N2O/c1-18-8-2-3-9(11(14)6-8)13(16)10-4-5-17-7-12(10)15/h2-7,13H,16H2,1H3. The van der Waals surface area contributed by atoms with Gasteiger partial charge in [-0.25, -0.2) is 8.78 Å². The van der Waals surface area contributed by atoms with E-state index in [1.54, 1.807) is 6.07 Å². The van der Waals surface area contributed by atoms with Gasteiger partial charge in [0.1, 0.15) is 17.4 Å². The predicted octanol–water partition coefficient (Wildman–Crippen LogP) is 2.42. The van der Waals surface area contributed by atoms with E-state index in [4.69, 9.17) is 10.5 Å². The lowest BCUT2D eigenvalue weighted by molar-refractivity contribution is 0.410. The molecule has 1 unspecified atom stereocenters. The van der Waals surface area contributed by atoms with Crippen molar-refractivity contribution in [2.24, 2.45) is 5.73 Å². The molecule has 3 nitrogen and oxygen atoms in total. The summed E-state index contributed by atoms with van der Waals surface area (Å²) in [6.07, 6.45) is 2.47. The maximum Gasteiger partial charge on any atom is 0.146 e. The maximum absolute atomic E-state index is 13.8. The summed E-state index contributed by atoms with van der Waals surface area (Å²) >= 11 is 0. The fourth-order valence-corrected chi connectivity index (χ4v) is 1.69. The second kappa shape index (κ2) is 5.10. The van der Waals surface area contributed by atoms with Gasteiger partial charge in [-0.05, 0) is 12.1 Å². The van der Waals surface area contributed by atoms with Crippen LogP contribution in [0.1, 0.15) is 17.2 Å². The van der Waals surface area contributed by atoms with Crippen LogP contribution in [0.2, 0.25) is 0 Å². The molecule has 0 aliphatic heterocycles. The summed E-state index contributed by atoms with van der Waals surface area (Å²) in [6, 6.07) is 4.84. The zero-order valence-electron chi connectivity index (χ0n) is 9.73. The molecule has 0 saturated heterocycles. The van der Waals surface area contributed by atoms with E-state index in [1.807, 2.05) is 0 Å². The van der Waals surface area contributed by atoms with Crippen molar-refractivity contribution >= 4 is 0 Å². The number of methoxy groups -OCH3 is 1. The largest absolute Gasteiger partial charge is 0.497 e. The molecule has 2 aromatic rings. The quantitative estimate of drug-likeness (QED) is 0.910. The number of aromatic nitrogens is 1. The van der Waals surface area contributed by atoms with Crippen LogP contribution in [0.4, 0.5) is 8.78 Å². The molecule has 5 heteroatoms. The minimum Gasteiger partial charge on any atom is -0.497 e. The van der Waals surface area contributed by atoms with Crippen molar-refractivity contribution in [2.45, 2.75) is 6.04 Å². The second-order valence-electron chi connectivity index (χ2n) is 3.76. The van der Waals surface area contributed by atoms with Crippen LogP contribution in [0.5, 0.6) is 5.75 Å². The van der Waals surface area contributed by atoms with E-state index in [1.165, 1.54) is 31.5 Å². The monoisotopic (exact) mass is 250 g/mol. The van der Waals surface area contributed by atoms with E-state index in [0.717, 1.165) is 6.20 Å². The van der Waals surface area contributed by atoms with Gasteiger partial charge in [-0.3, -0.25) is 4.98 Å². The zero-order valence-corrected chi connectivity index (χ0v) is 9.73. The molecule has 2 rings (SSSR count). The molecule has 0 saturated carbocycles. The van der Waals surface area contributed by atoms with Crippen LogP contribution < -0.4 is 10.5 Å². The Kier molecular flexibility index (Phi) is 3.53. The first kappa shape index (κ1) is 12.4. The van der Waals surface area contributed by atoms with E-state index in [2.05, 4.69) is 4.98 Å². The third-order valence-corrected chi connectivity index (χ3v) is 2.68. The number of pyridine rings is 1. The Morgan fingerprint density at radius 2 is 1.89 bits per heavy atom. The first-order chi connectivity index (χ1) is 8.63. The van der Waals surface area contributed by atoms with Crippen molar-refractivity contribution < 1.29 is 13.5 Å². The molecular weight excluding hydrogens is 238 g/mol. The van der Waals surface area contributed by atoms with Gasteiger partial charge in [0.15, 0.2) is 0 Å². The third kappa shape index (κ3) is 2.31. The molecule has 0 radical (unpaired) electrons. The normalized spacial score (nSPS) is 12.2. The summed E-state index contributed by atoms with van der Waals surface area (Å²) in [4.78, 5) is 3.63. The topological polar surface area (TPSA) is 48.1 Å². The fourth-order valence-electron chi connectivity index (χ4n) is 1.69. The van der Waals surface area contributed by atoms with Crippen LogP contribution in [0.25, 0.3) is 0 Å². The smallest absolute Gasteiger partial charge is 0.146 e. The maximum atomic E-state index is 13.8. The van der Waals surface area contributed by atoms with Crippen LogP contribution in [0, 0.1) is 11.6 Å². The SMILES string of the molecule is COc1ccc(C(N)c2ccncc2F)c(F)c1. The number of nitrogens with zero attached hydrogens (tertiary/aromatic N) is 1. The summed E-state index contributed by atoms with van der Waals surface area (Å²) in [6.45, 7) is 0. The Labute approximate surface area is 103 Å². The van der Waals surface area contributed by atoms with Crippen molar-refractivity contribution in [3.63, 3.8) is 0 Å². The molecule has 0 fully saturated rings. The summed E-state index contributed by atoms with van der Waals surface area (Å²) in [5, 5.41) is 0. The van der Waals surface area contributed by atoms with Crippen LogP contribution in [-0.4, -0.2) is 12.1 Å². The van der Waals surface area contributed by atoms with Crippen molar-refractivity contribution in [2.75, 3.05) is 7.11 Å². The van der Waals surface area contributed by atoms with E-state index < -0.39 is 17.7 Å². The summed E-state index contributed by atoms with van der Waals surface area (Å²) in [5.41, 5.74) is 6.27. The van der Waals surface area contributed by atoms with Crippen LogP contribution in [0.3, 0.4) is 0 Å². The number of benzene rings is 1. The summed E-state index contributed by atoms with van der Waals surface area (Å²) in [7, 11) is 1.44. The molecule has 94 valence electrons. The van der Waals surface area contributed by atoms with Gasteiger partial charge in [0.2, 0.25) is 0 Å². The van der Waals surface area contributed by atoms with E-state index >= 15 is 0 Å². The van der Waals surface area contributed by atoms with Crippen molar-refractivity contribution in [3.8, 4) is 5.75 Å². The molecule has 1 aromatic carbocycles. The number of hydrogen-bond donors (Lipinski definition) is 1. The molecule has 0 spiro atoms. The second-order valence-corrected chi connectivity index (χ2v) is 3.76. The number of rotatable bonds is 3. The van der Waals surface area contributed by atoms with Crippen molar-refractivity contribution in [1.82, 2.24) is 4.98 Å². The minimum atomic E-state index is -0.876. The third-order valence-electron chi connectivity index (χ3n) is 2.68. The Bertz CT molecular complexity index is 560. The Hall–Kier alpha value is -2.01. The Balaban J connectivity index is 2.40. The fraction of sp³-hybridized carbons (Fsp3) is 0.154. The highest BCUT2D eigenvalue weighted by atomic mass is 19.1. The van der Waals surface area contributed by atoms with Crippen molar-refractivity contribution in [1.29, 1.82) is 0 Å². The molecule has 0 amide bonds. The molecule has 0 aliphatic carbocycles. The summed E-state index contributed by atoms with van der Waals surface area (Å²) < 4.78 is 32.2. The average Bonchev–Trinajstić information content (AvgIpc) is 2.38. The van der Waals surface area contributed by atoms with Crippen LogP contribution in [0.15, 0.2) is 36.7 Å². The average molecular weight is 250 g/mol. The first-order valence-corrected chi connectivity index (χ1v) is 5.32. The van der Waals surface area contributed by atoms with Gasteiger partial charge in [-0.2, -0.15) is 0 Å². The molecule has 0 bridgehead atoms. The number of halogens is 2. The predicted molar refractivity (Wildman–Crippen MR) is 63.2 cm³/mol. The highest BCUT2D eigenvalue weighted by Gasteiger charge is 2.17. The number of nitrogens with two attached hydrogens (primary N) is 1. The van der Waals surface area contributed by atoms with E-state index in [0.29, 0.717) is 5.75 Å². The highest BCUT2D eigenvalue weighted by Crippen LogP contribution is 2.26. The molecular formula is C13H12F2N2O. The zero-order chi connectivity index (χ0) is 13.1. The van der Waals surface area contributed by atoms with Gasteiger partial charge in [0.25, 0.3) is 0 Å². The molecule has 2 N–H and O–H groups in total. The first-order valence-electron chi connectivity index (χ1n) is 5.32. The van der Waals surface area contributed by atoms with Gasteiger partial charge in [-0.15, -0.1) is 0 Å². The minimum absolute atomic E-state index is 0.203. The van der Waals surface area contributed by atoms with E-state index in [-0.39, 0.29) is 11.1 Å². The lowest BCUT2D eigenvalue weighted by Gasteiger charge is -2.14. The molecule has 0 aliphatic rings. The van der Waals surface area contributed by atoms with Crippen LogP contribution in [-0.2, 0) is 0 Å². The number of hydrogen-bond acceptors (Lipinski definition) is 3. The van der Waals surface area contributed by atoms with E-state index in [9.17, 15) is 8.78 Å². The highest BCUT2D eigenvalue weighted by molar-refractivity contribution is 5.36. The van der Waals surface area contributed by atoms with Gasteiger partial charge in [0.05, 0.1) is 19.3 Å². The summed E-state index contributed by atoms with van der Waals surface area (Å²) in [5.74, 6) is -0.697. The Morgan fingerprint density at radius 1 is 1.17 bits per heavy atom. The van der Waals surface area contributed by atoms with Gasteiger partial charge in [0, 0.05) is 23.4 Å². The molecule has 1 atom stereocenters. The molecule has 1 aromatic heterocycles. The lowest BCUT2D eigenvalue weighted by atomic mass is 9.99. The number of ether oxygens (including phenoxy) is 1. The van der Waals surface area contributed by atoms with Gasteiger partial charge >= 0.3 is 0 Å². The molecule has 18 heavy (non-hydrogen) atoms. The molecule has 1 heterocycles. The van der Waals surface area contributed by atoms with Crippen LogP contribution >= 0.6 is 0 Å².